The smallest absolute Gasteiger partial charge is 0.312 e. The largest absolute Gasteiger partial charge is 0.504 e. The maximum absolute atomic E-state index is 11.9. The van der Waals surface area contributed by atoms with E-state index in [1.54, 1.807) is 6.08 Å². The number of fused-ring (bicyclic) bond motifs is 1. The molecule has 1 aliphatic rings. The summed E-state index contributed by atoms with van der Waals surface area (Å²) in [6.07, 6.45) is 2.36. The molecule has 5 heteroatoms. The van der Waals surface area contributed by atoms with Crippen LogP contribution in [0.3, 0.4) is 0 Å². The number of hydrogen-bond donors (Lipinski definition) is 1. The zero-order chi connectivity index (χ0) is 15.8. The standard InChI is InChI=1S/C16H20O5/c1-6-7-9-11-13(21-10(17)8-16(11,2)3)15(20-5)14(19-4)12(9)18/h6,18H,1,7-8H2,2-5H3. The van der Waals surface area contributed by atoms with Crippen molar-refractivity contribution >= 4 is 5.97 Å². The highest BCUT2D eigenvalue weighted by atomic mass is 16.6. The quantitative estimate of drug-likeness (QED) is 0.525. The minimum atomic E-state index is -0.472. The van der Waals surface area contributed by atoms with Crippen molar-refractivity contribution < 1.29 is 24.1 Å². The van der Waals surface area contributed by atoms with Crippen LogP contribution in [-0.2, 0) is 16.6 Å². The number of benzene rings is 1. The molecule has 1 aromatic rings. The van der Waals surface area contributed by atoms with Gasteiger partial charge in [-0.25, -0.2) is 0 Å². The Morgan fingerprint density at radius 1 is 1.33 bits per heavy atom. The van der Waals surface area contributed by atoms with Gasteiger partial charge in [-0.3, -0.25) is 4.79 Å². The molecule has 114 valence electrons. The number of carbonyl (C=O) groups is 1. The van der Waals surface area contributed by atoms with Gasteiger partial charge in [0.15, 0.2) is 11.5 Å². The first-order valence-corrected chi connectivity index (χ1v) is 6.69. The molecular weight excluding hydrogens is 272 g/mol. The topological polar surface area (TPSA) is 65.0 Å². The number of rotatable bonds is 4. The zero-order valence-corrected chi connectivity index (χ0v) is 12.8. The maximum Gasteiger partial charge on any atom is 0.312 e. The summed E-state index contributed by atoms with van der Waals surface area (Å²) in [5.41, 5.74) is 0.937. The van der Waals surface area contributed by atoms with Crippen LogP contribution in [0.1, 0.15) is 31.4 Å². The van der Waals surface area contributed by atoms with Gasteiger partial charge in [-0.05, 0) is 6.42 Å². The Kier molecular flexibility index (Phi) is 3.85. The van der Waals surface area contributed by atoms with E-state index >= 15 is 0 Å². The average molecular weight is 292 g/mol. The van der Waals surface area contributed by atoms with E-state index < -0.39 is 5.41 Å². The first-order valence-electron chi connectivity index (χ1n) is 6.69. The molecule has 0 bridgehead atoms. The third-order valence-corrected chi connectivity index (χ3v) is 3.68. The summed E-state index contributed by atoms with van der Waals surface area (Å²) in [7, 11) is 2.87. The lowest BCUT2D eigenvalue weighted by atomic mass is 9.76. The van der Waals surface area contributed by atoms with Crippen LogP contribution in [0.4, 0.5) is 0 Å². The van der Waals surface area contributed by atoms with Crippen LogP contribution in [0, 0.1) is 0 Å². The third-order valence-electron chi connectivity index (χ3n) is 3.68. The van der Waals surface area contributed by atoms with E-state index in [1.807, 2.05) is 13.8 Å². The number of esters is 1. The summed E-state index contributed by atoms with van der Waals surface area (Å²) < 4.78 is 15.9. The van der Waals surface area contributed by atoms with Crippen LogP contribution in [0.25, 0.3) is 0 Å². The minimum Gasteiger partial charge on any atom is -0.504 e. The second-order valence-corrected chi connectivity index (χ2v) is 5.63. The van der Waals surface area contributed by atoms with E-state index in [9.17, 15) is 9.90 Å². The van der Waals surface area contributed by atoms with Crippen molar-refractivity contribution in [2.75, 3.05) is 14.2 Å². The minimum absolute atomic E-state index is 0.000904. The van der Waals surface area contributed by atoms with Gasteiger partial charge in [-0.1, -0.05) is 19.9 Å². The highest BCUT2D eigenvalue weighted by molar-refractivity contribution is 5.82. The number of allylic oxidation sites excluding steroid dienone is 1. The Morgan fingerprint density at radius 3 is 2.48 bits per heavy atom. The number of methoxy groups -OCH3 is 2. The highest BCUT2D eigenvalue weighted by Gasteiger charge is 2.40. The summed E-state index contributed by atoms with van der Waals surface area (Å²) in [6, 6.07) is 0. The second-order valence-electron chi connectivity index (χ2n) is 5.63. The maximum atomic E-state index is 11.9. The van der Waals surface area contributed by atoms with Crippen molar-refractivity contribution in [3.8, 4) is 23.0 Å². The molecular formula is C16H20O5. The van der Waals surface area contributed by atoms with Gasteiger partial charge in [0.05, 0.1) is 20.6 Å². The fourth-order valence-electron chi connectivity index (χ4n) is 2.85. The van der Waals surface area contributed by atoms with E-state index in [0.29, 0.717) is 17.7 Å². The van der Waals surface area contributed by atoms with Gasteiger partial charge in [-0.2, -0.15) is 0 Å². The number of carbonyl (C=O) groups excluding carboxylic acids is 1. The molecule has 1 heterocycles. The molecule has 0 spiro atoms. The predicted octanol–water partition coefficient (Wildman–Crippen LogP) is 2.72. The van der Waals surface area contributed by atoms with Gasteiger partial charge in [0.25, 0.3) is 0 Å². The van der Waals surface area contributed by atoms with Crippen LogP contribution in [0.5, 0.6) is 23.0 Å². The number of ether oxygens (including phenoxy) is 3. The summed E-state index contributed by atoms with van der Waals surface area (Å²) in [6.45, 7) is 7.59. The highest BCUT2D eigenvalue weighted by Crippen LogP contribution is 2.55. The summed E-state index contributed by atoms with van der Waals surface area (Å²) >= 11 is 0. The van der Waals surface area contributed by atoms with E-state index in [4.69, 9.17) is 14.2 Å². The van der Waals surface area contributed by atoms with Gasteiger partial charge in [0, 0.05) is 16.5 Å². The Labute approximate surface area is 124 Å². The molecule has 5 nitrogen and oxygen atoms in total. The van der Waals surface area contributed by atoms with E-state index in [-0.39, 0.29) is 29.6 Å². The zero-order valence-electron chi connectivity index (χ0n) is 12.8. The summed E-state index contributed by atoms with van der Waals surface area (Å²) in [4.78, 5) is 11.9. The van der Waals surface area contributed by atoms with Crippen molar-refractivity contribution in [1.29, 1.82) is 0 Å². The third kappa shape index (κ3) is 2.33. The van der Waals surface area contributed by atoms with Crippen LogP contribution in [-0.4, -0.2) is 25.3 Å². The molecule has 21 heavy (non-hydrogen) atoms. The van der Waals surface area contributed by atoms with Crippen molar-refractivity contribution in [2.24, 2.45) is 0 Å². The van der Waals surface area contributed by atoms with Crippen LogP contribution in [0.2, 0.25) is 0 Å². The summed E-state index contributed by atoms with van der Waals surface area (Å²) in [5.74, 6) is 0.393. The first-order chi connectivity index (χ1) is 9.87. The van der Waals surface area contributed by atoms with Crippen LogP contribution >= 0.6 is 0 Å². The van der Waals surface area contributed by atoms with Crippen molar-refractivity contribution in [3.05, 3.63) is 23.8 Å². The fourth-order valence-corrected chi connectivity index (χ4v) is 2.85. The molecule has 0 fully saturated rings. The molecule has 0 atom stereocenters. The molecule has 1 aromatic carbocycles. The molecule has 0 radical (unpaired) electrons. The number of aromatic hydroxyl groups is 1. The molecule has 1 N–H and O–H groups in total. The molecule has 0 saturated heterocycles. The Morgan fingerprint density at radius 2 is 1.95 bits per heavy atom. The second kappa shape index (κ2) is 5.31. The van der Waals surface area contributed by atoms with Gasteiger partial charge in [0.1, 0.15) is 0 Å². The normalized spacial score (nSPS) is 15.9. The molecule has 0 aliphatic carbocycles. The van der Waals surface area contributed by atoms with Crippen LogP contribution < -0.4 is 14.2 Å². The fraction of sp³-hybridized carbons (Fsp3) is 0.438. The van der Waals surface area contributed by atoms with Crippen LogP contribution in [0.15, 0.2) is 12.7 Å². The molecule has 2 rings (SSSR count). The molecule has 0 saturated carbocycles. The molecule has 0 aromatic heterocycles. The lowest BCUT2D eigenvalue weighted by molar-refractivity contribution is -0.137. The van der Waals surface area contributed by atoms with E-state index in [0.717, 1.165) is 5.56 Å². The van der Waals surface area contributed by atoms with Crippen molar-refractivity contribution in [1.82, 2.24) is 0 Å². The molecule has 1 aliphatic heterocycles. The van der Waals surface area contributed by atoms with Crippen molar-refractivity contribution in [3.63, 3.8) is 0 Å². The number of hydrogen-bond acceptors (Lipinski definition) is 5. The lowest BCUT2D eigenvalue weighted by Gasteiger charge is -2.34. The summed E-state index contributed by atoms with van der Waals surface area (Å²) in [5, 5.41) is 10.5. The van der Waals surface area contributed by atoms with Gasteiger partial charge < -0.3 is 19.3 Å². The first kappa shape index (κ1) is 15.2. The SMILES string of the molecule is C=CCc1c(O)c(OC)c(OC)c2c1C(C)(C)CC(=O)O2. The molecule has 0 amide bonds. The van der Waals surface area contributed by atoms with E-state index in [2.05, 4.69) is 6.58 Å². The van der Waals surface area contributed by atoms with Gasteiger partial charge in [0.2, 0.25) is 11.5 Å². The van der Waals surface area contributed by atoms with Crippen molar-refractivity contribution in [2.45, 2.75) is 32.1 Å². The number of phenols is 1. The van der Waals surface area contributed by atoms with E-state index in [1.165, 1.54) is 14.2 Å². The Hall–Kier alpha value is -2.17. The Balaban J connectivity index is 2.88. The number of phenolic OH excluding ortho intramolecular Hbond substituents is 1. The Bertz CT molecular complexity index is 601. The molecule has 0 unspecified atom stereocenters. The van der Waals surface area contributed by atoms with Gasteiger partial charge >= 0.3 is 5.97 Å². The lowest BCUT2D eigenvalue weighted by Crippen LogP contribution is -2.32. The average Bonchev–Trinajstić information content (AvgIpc) is 2.39. The predicted molar refractivity (Wildman–Crippen MR) is 78.4 cm³/mol. The van der Waals surface area contributed by atoms with Gasteiger partial charge in [-0.15, -0.1) is 6.58 Å². The monoisotopic (exact) mass is 292 g/mol.